The highest BCUT2D eigenvalue weighted by Gasteiger charge is 2.52. The molecule has 2 heterocycles. The molecule has 0 radical (unpaired) electrons. The maximum Gasteiger partial charge on any atom is 0.302 e. The normalized spacial score (nSPS) is 33.0. The van der Waals surface area contributed by atoms with Gasteiger partial charge in [-0.25, -0.2) is 0 Å². The molecule has 0 aliphatic carbocycles. The smallest absolute Gasteiger partial charge is 0.302 e. The molecule has 2 aliphatic heterocycles. The Hall–Kier alpha value is -0.930. The van der Waals surface area contributed by atoms with Gasteiger partial charge in [0.1, 0.15) is 55.4 Å². The molecule has 0 aromatic heterocycles. The van der Waals surface area contributed by atoms with Gasteiger partial charge in [0.2, 0.25) is 0 Å². The van der Waals surface area contributed by atoms with E-state index in [0.717, 1.165) is 51.4 Å². The van der Waals surface area contributed by atoms with Gasteiger partial charge in [-0.2, -0.15) is 0 Å². The number of carbonyl (C=O) groups is 1. The first-order valence-corrected chi connectivity index (χ1v) is 16.3. The molecular weight excluding hydrogens is 564 g/mol. The zero-order valence-corrected chi connectivity index (χ0v) is 26.6. The van der Waals surface area contributed by atoms with Crippen LogP contribution in [0.15, 0.2) is 0 Å². The molecule has 12 nitrogen and oxygen atoms in total. The number of esters is 1. The maximum atomic E-state index is 11.7. The van der Waals surface area contributed by atoms with Crippen molar-refractivity contribution < 1.29 is 58.4 Å². The second-order valence-corrected chi connectivity index (χ2v) is 11.6. The van der Waals surface area contributed by atoms with Crippen LogP contribution in [0.5, 0.6) is 0 Å². The van der Waals surface area contributed by atoms with Crippen LogP contribution in [0.25, 0.3) is 0 Å². The van der Waals surface area contributed by atoms with Crippen LogP contribution in [0.4, 0.5) is 0 Å². The number of methoxy groups -OCH3 is 1. The second-order valence-electron chi connectivity index (χ2n) is 11.6. The largest absolute Gasteiger partial charge is 0.463 e. The average Bonchev–Trinajstić information content (AvgIpc) is 2.99. The predicted octanol–water partition coefficient (Wildman–Crippen LogP) is 2.60. The van der Waals surface area contributed by atoms with Crippen LogP contribution in [0.3, 0.4) is 0 Å². The predicted molar refractivity (Wildman–Crippen MR) is 157 cm³/mol. The van der Waals surface area contributed by atoms with Crippen LogP contribution < -0.4 is 0 Å². The molecule has 2 saturated heterocycles. The van der Waals surface area contributed by atoms with Crippen molar-refractivity contribution >= 4 is 5.97 Å². The van der Waals surface area contributed by atoms with Crippen molar-refractivity contribution in [2.75, 3.05) is 33.5 Å². The summed E-state index contributed by atoms with van der Waals surface area (Å²) in [6, 6.07) is 0. The fourth-order valence-electron chi connectivity index (χ4n) is 5.51. The molecule has 0 spiro atoms. The van der Waals surface area contributed by atoms with E-state index in [1.54, 1.807) is 0 Å². The van der Waals surface area contributed by atoms with Crippen LogP contribution in [0.2, 0.25) is 0 Å². The van der Waals surface area contributed by atoms with Gasteiger partial charge < -0.3 is 53.6 Å². The number of carbonyl (C=O) groups excluding carboxylic acids is 1. The molecule has 4 N–H and O–H groups in total. The number of unbranched alkanes of at least 4 members (excludes halogenated alkanes) is 10. The molecule has 2 rings (SSSR count). The highest BCUT2D eigenvalue weighted by molar-refractivity contribution is 5.65. The molecule has 0 bridgehead atoms. The topological polar surface area (TPSA) is 163 Å². The third kappa shape index (κ3) is 12.8. The number of hydrogen-bond acceptors (Lipinski definition) is 12. The molecular formula is C31H58O12. The fraction of sp³-hybridized carbons (Fsp3) is 0.968. The summed E-state index contributed by atoms with van der Waals surface area (Å²) in [7, 11) is 1.31. The second kappa shape index (κ2) is 21.7. The van der Waals surface area contributed by atoms with Crippen LogP contribution in [-0.2, 0) is 38.0 Å². The lowest BCUT2D eigenvalue weighted by Crippen LogP contribution is -2.65. The van der Waals surface area contributed by atoms with Crippen LogP contribution in [-0.4, -0.2) is 121 Å². The first-order valence-electron chi connectivity index (χ1n) is 16.3. The molecule has 0 saturated carbocycles. The van der Waals surface area contributed by atoms with Crippen molar-refractivity contribution in [3.05, 3.63) is 0 Å². The lowest BCUT2D eigenvalue weighted by Gasteiger charge is -2.47. The average molecular weight is 623 g/mol. The molecule has 0 amide bonds. The lowest BCUT2D eigenvalue weighted by atomic mass is 9.96. The standard InChI is InChI=1S/C31H58O12/c1-5-7-9-11-13-15-17-38-28-23(20-40-21(3)33)42-31(26(36)29(28)39-18-16-14-12-10-8-6-2)43-27-22(19-32)41-30(37-4)25(35)24(27)34/h22-32,34-36H,5-20H2,1-4H3/t22-,23-,24-,25-,26-,27-,28+,29-,30-,31+/m1/s1. The zero-order valence-electron chi connectivity index (χ0n) is 26.6. The number of hydrogen-bond donors (Lipinski definition) is 4. The van der Waals surface area contributed by atoms with Crippen molar-refractivity contribution in [3.63, 3.8) is 0 Å². The van der Waals surface area contributed by atoms with Gasteiger partial charge >= 0.3 is 5.97 Å². The van der Waals surface area contributed by atoms with Gasteiger partial charge in [0.15, 0.2) is 12.6 Å². The summed E-state index contributed by atoms with van der Waals surface area (Å²) in [5.74, 6) is -0.503. The molecule has 12 heteroatoms. The highest BCUT2D eigenvalue weighted by atomic mass is 16.7. The molecule has 43 heavy (non-hydrogen) atoms. The SMILES string of the molecule is CCCCCCCCO[C@@H]1[C@@H](O)[C@H](O[C@H]2[C@H](O)[C@@H](O)[C@H](OC)O[C@@H]2CO)O[C@H](COC(C)=O)[C@@H]1OCCCCCCCC. The van der Waals surface area contributed by atoms with E-state index in [2.05, 4.69) is 13.8 Å². The fourth-order valence-corrected chi connectivity index (χ4v) is 5.51. The Balaban J connectivity index is 2.18. The van der Waals surface area contributed by atoms with E-state index < -0.39 is 74.0 Å². The van der Waals surface area contributed by atoms with Crippen LogP contribution >= 0.6 is 0 Å². The van der Waals surface area contributed by atoms with Gasteiger partial charge in [-0.1, -0.05) is 78.1 Å². The highest BCUT2D eigenvalue weighted by Crippen LogP contribution is 2.32. The zero-order chi connectivity index (χ0) is 31.6. The summed E-state index contributed by atoms with van der Waals surface area (Å²) < 4.78 is 40.5. The Morgan fingerprint density at radius 2 is 1.21 bits per heavy atom. The van der Waals surface area contributed by atoms with E-state index in [4.69, 9.17) is 33.2 Å². The maximum absolute atomic E-state index is 11.7. The molecule has 2 aliphatic rings. The molecule has 10 atom stereocenters. The van der Waals surface area contributed by atoms with E-state index in [-0.39, 0.29) is 6.61 Å². The summed E-state index contributed by atoms with van der Waals surface area (Å²) in [5, 5.41) is 42.6. The van der Waals surface area contributed by atoms with Crippen molar-refractivity contribution in [3.8, 4) is 0 Å². The van der Waals surface area contributed by atoms with Gasteiger partial charge in [-0.15, -0.1) is 0 Å². The Morgan fingerprint density at radius 3 is 1.74 bits per heavy atom. The minimum atomic E-state index is -1.51. The first-order chi connectivity index (χ1) is 20.8. The summed E-state index contributed by atoms with van der Waals surface area (Å²) in [6.07, 6.45) is 1.17. The van der Waals surface area contributed by atoms with Crippen LogP contribution in [0.1, 0.15) is 97.8 Å². The minimum absolute atomic E-state index is 0.165. The van der Waals surface area contributed by atoms with Gasteiger partial charge in [-0.05, 0) is 12.8 Å². The van der Waals surface area contributed by atoms with Gasteiger partial charge in [0.05, 0.1) is 6.61 Å². The number of ether oxygens (including phenoxy) is 7. The number of rotatable bonds is 22. The minimum Gasteiger partial charge on any atom is -0.463 e. The van der Waals surface area contributed by atoms with Gasteiger partial charge in [0, 0.05) is 27.2 Å². The van der Waals surface area contributed by atoms with E-state index in [0.29, 0.717) is 13.2 Å². The third-order valence-electron chi connectivity index (χ3n) is 8.03. The summed E-state index contributed by atoms with van der Waals surface area (Å²) in [4.78, 5) is 11.7. The molecule has 254 valence electrons. The van der Waals surface area contributed by atoms with E-state index in [9.17, 15) is 25.2 Å². The van der Waals surface area contributed by atoms with Gasteiger partial charge in [-0.3, -0.25) is 4.79 Å². The third-order valence-corrected chi connectivity index (χ3v) is 8.03. The Labute approximate surface area is 257 Å². The van der Waals surface area contributed by atoms with Crippen molar-refractivity contribution in [1.29, 1.82) is 0 Å². The van der Waals surface area contributed by atoms with E-state index in [1.165, 1.54) is 39.7 Å². The van der Waals surface area contributed by atoms with Crippen molar-refractivity contribution in [1.82, 2.24) is 0 Å². The van der Waals surface area contributed by atoms with E-state index in [1.807, 2.05) is 0 Å². The summed E-state index contributed by atoms with van der Waals surface area (Å²) in [5.41, 5.74) is 0. The summed E-state index contributed by atoms with van der Waals surface area (Å²) in [6.45, 7) is 5.71. The monoisotopic (exact) mass is 622 g/mol. The molecule has 0 aromatic rings. The summed E-state index contributed by atoms with van der Waals surface area (Å²) >= 11 is 0. The van der Waals surface area contributed by atoms with Crippen molar-refractivity contribution in [2.45, 2.75) is 159 Å². The van der Waals surface area contributed by atoms with Crippen molar-refractivity contribution in [2.24, 2.45) is 0 Å². The quantitative estimate of drug-likeness (QED) is 0.103. The van der Waals surface area contributed by atoms with Gasteiger partial charge in [0.25, 0.3) is 0 Å². The lowest BCUT2D eigenvalue weighted by molar-refractivity contribution is -0.362. The Bertz CT molecular complexity index is 725. The number of aliphatic hydroxyl groups excluding tert-OH is 4. The Morgan fingerprint density at radius 1 is 0.674 bits per heavy atom. The van der Waals surface area contributed by atoms with Crippen LogP contribution in [0, 0.1) is 0 Å². The molecule has 0 aromatic carbocycles. The first kappa shape index (κ1) is 38.3. The number of aliphatic hydroxyl groups is 4. The Kier molecular flexibility index (Phi) is 19.3. The molecule has 0 unspecified atom stereocenters. The van der Waals surface area contributed by atoms with E-state index >= 15 is 0 Å². The molecule has 2 fully saturated rings.